The molecule has 0 radical (unpaired) electrons. The minimum atomic E-state index is 0.807. The summed E-state index contributed by atoms with van der Waals surface area (Å²) in [5, 5.41) is 5.79. The average molecular weight is 347 g/mol. The number of aromatic amines is 1. The van der Waals surface area contributed by atoms with E-state index in [1.165, 1.54) is 0 Å². The molecule has 0 atom stereocenters. The lowest BCUT2D eigenvalue weighted by Crippen LogP contribution is -2.27. The number of nitrogens with one attached hydrogen (secondary N) is 1. The average Bonchev–Trinajstić information content (AvgIpc) is 3.29. The number of imidazole rings is 1. The lowest BCUT2D eigenvalue weighted by atomic mass is 10.1. The Bertz CT molecular complexity index is 1220. The molecule has 3 heterocycles. The van der Waals surface area contributed by atoms with Gasteiger partial charge in [-0.25, -0.2) is 9.97 Å². The van der Waals surface area contributed by atoms with Crippen LogP contribution >= 0.6 is 0 Å². The molecule has 0 amide bonds. The first-order valence-corrected chi connectivity index (χ1v) is 9.15. The molecule has 0 bridgehead atoms. The van der Waals surface area contributed by atoms with Gasteiger partial charge in [0.25, 0.3) is 0 Å². The van der Waals surface area contributed by atoms with Crippen LogP contribution < -0.4 is 0 Å². The van der Waals surface area contributed by atoms with E-state index in [-0.39, 0.29) is 0 Å². The van der Waals surface area contributed by atoms with Gasteiger partial charge in [0.1, 0.15) is 17.4 Å². The Kier molecular flexibility index (Phi) is 3.46. The van der Waals surface area contributed by atoms with Crippen LogP contribution in [-0.4, -0.2) is 44.3 Å². The number of rotatable bonds is 5. The van der Waals surface area contributed by atoms with Crippen molar-refractivity contribution in [3.05, 3.63) is 36.7 Å². The van der Waals surface area contributed by atoms with Crippen LogP contribution in [0.1, 0.15) is 13.8 Å². The summed E-state index contributed by atoms with van der Waals surface area (Å²) in [6, 6.07) is 10.2. The number of H-pyrrole nitrogens is 1. The maximum Gasteiger partial charge on any atom is 0.166 e. The van der Waals surface area contributed by atoms with E-state index in [0.29, 0.717) is 0 Å². The third kappa shape index (κ3) is 2.15. The minimum Gasteiger partial charge on any atom is -0.453 e. The molecule has 0 aliphatic rings. The van der Waals surface area contributed by atoms with Crippen LogP contribution in [0.3, 0.4) is 0 Å². The number of para-hydroxylation sites is 1. The highest BCUT2D eigenvalue weighted by Gasteiger charge is 2.19. The molecule has 0 aliphatic heterocycles. The number of hydrogen-bond donors (Lipinski definition) is 1. The number of likely N-dealkylation sites (N-methyl/N-ethyl adjacent to an activating group) is 1. The van der Waals surface area contributed by atoms with Gasteiger partial charge in [0.15, 0.2) is 5.58 Å². The molecule has 132 valence electrons. The Hall–Kier alpha value is -2.86. The highest BCUT2D eigenvalue weighted by atomic mass is 16.3. The van der Waals surface area contributed by atoms with Gasteiger partial charge in [-0.15, -0.1) is 0 Å². The molecule has 0 fully saturated rings. The minimum absolute atomic E-state index is 0.807. The Morgan fingerprint density at radius 1 is 1.15 bits per heavy atom. The Balaban J connectivity index is 1.81. The summed E-state index contributed by atoms with van der Waals surface area (Å²) in [6.07, 6.45) is 1.60. The second-order valence-corrected chi connectivity index (χ2v) is 6.60. The van der Waals surface area contributed by atoms with E-state index >= 15 is 0 Å². The van der Waals surface area contributed by atoms with Crippen molar-refractivity contribution in [2.24, 2.45) is 0 Å². The van der Waals surface area contributed by atoms with Crippen molar-refractivity contribution < 1.29 is 4.42 Å². The zero-order chi connectivity index (χ0) is 17.7. The third-order valence-electron chi connectivity index (χ3n) is 5.29. The number of hydrogen-bond acceptors (Lipinski definition) is 4. The summed E-state index contributed by atoms with van der Waals surface area (Å²) in [7, 11) is 0. The van der Waals surface area contributed by atoms with E-state index in [1.54, 1.807) is 6.33 Å². The molecule has 0 unspecified atom stereocenters. The summed E-state index contributed by atoms with van der Waals surface area (Å²) in [5.41, 5.74) is 5.57. The third-order valence-corrected chi connectivity index (χ3v) is 5.29. The fourth-order valence-corrected chi connectivity index (χ4v) is 3.82. The maximum absolute atomic E-state index is 6.26. The molecule has 3 aromatic heterocycles. The van der Waals surface area contributed by atoms with Crippen molar-refractivity contribution in [2.75, 3.05) is 19.6 Å². The topological polar surface area (TPSA) is 62.9 Å². The molecular formula is C20H21N5O. The van der Waals surface area contributed by atoms with Gasteiger partial charge in [0.2, 0.25) is 0 Å². The molecule has 0 spiro atoms. The van der Waals surface area contributed by atoms with Crippen molar-refractivity contribution in [2.45, 2.75) is 20.4 Å². The summed E-state index contributed by atoms with van der Waals surface area (Å²) >= 11 is 0. The molecular weight excluding hydrogens is 326 g/mol. The molecule has 5 aromatic rings. The van der Waals surface area contributed by atoms with E-state index in [0.717, 1.165) is 70.2 Å². The molecule has 0 saturated carbocycles. The second kappa shape index (κ2) is 5.85. The number of benzene rings is 2. The Labute approximate surface area is 150 Å². The molecule has 0 aliphatic carbocycles. The van der Waals surface area contributed by atoms with Crippen LogP contribution in [0.5, 0.6) is 0 Å². The highest BCUT2D eigenvalue weighted by Crippen LogP contribution is 2.36. The first-order valence-electron chi connectivity index (χ1n) is 9.15. The van der Waals surface area contributed by atoms with Gasteiger partial charge in [0, 0.05) is 11.9 Å². The van der Waals surface area contributed by atoms with E-state index in [1.807, 2.05) is 18.2 Å². The van der Waals surface area contributed by atoms with Crippen LogP contribution in [0.25, 0.3) is 44.0 Å². The molecule has 1 N–H and O–H groups in total. The van der Waals surface area contributed by atoms with Gasteiger partial charge in [-0.05, 0) is 31.3 Å². The van der Waals surface area contributed by atoms with E-state index < -0.39 is 0 Å². The molecule has 6 heteroatoms. The summed E-state index contributed by atoms with van der Waals surface area (Å²) in [6.45, 7) is 8.39. The Morgan fingerprint density at radius 3 is 2.85 bits per heavy atom. The molecule has 0 saturated heterocycles. The first kappa shape index (κ1) is 15.4. The first-order chi connectivity index (χ1) is 12.8. The van der Waals surface area contributed by atoms with Gasteiger partial charge < -0.3 is 9.32 Å². The van der Waals surface area contributed by atoms with Crippen LogP contribution in [0.4, 0.5) is 0 Å². The maximum atomic E-state index is 6.26. The van der Waals surface area contributed by atoms with Gasteiger partial charge in [0.05, 0.1) is 28.5 Å². The van der Waals surface area contributed by atoms with Crippen LogP contribution in [-0.2, 0) is 6.54 Å². The van der Waals surface area contributed by atoms with Gasteiger partial charge in [-0.1, -0.05) is 26.0 Å². The SMILES string of the molecule is CCN(CC)CCn1[nH]c2c3ccccc3oc3c4ncnc4cc1c23. The summed E-state index contributed by atoms with van der Waals surface area (Å²) in [5.74, 6) is 0. The van der Waals surface area contributed by atoms with Crippen LogP contribution in [0.2, 0.25) is 0 Å². The molecule has 6 nitrogen and oxygen atoms in total. The van der Waals surface area contributed by atoms with Gasteiger partial charge in [-0.2, -0.15) is 0 Å². The molecule has 5 rings (SSSR count). The van der Waals surface area contributed by atoms with Crippen molar-refractivity contribution in [1.29, 1.82) is 0 Å². The lowest BCUT2D eigenvalue weighted by molar-refractivity contribution is 0.287. The summed E-state index contributed by atoms with van der Waals surface area (Å²) in [4.78, 5) is 11.3. The molecule has 26 heavy (non-hydrogen) atoms. The van der Waals surface area contributed by atoms with Crippen molar-refractivity contribution in [3.8, 4) is 0 Å². The van der Waals surface area contributed by atoms with Crippen molar-refractivity contribution >= 4 is 44.0 Å². The fraction of sp³-hybridized carbons (Fsp3) is 0.300. The predicted molar refractivity (Wildman–Crippen MR) is 104 cm³/mol. The molecule has 2 aromatic carbocycles. The highest BCUT2D eigenvalue weighted by molar-refractivity contribution is 6.21. The van der Waals surface area contributed by atoms with Crippen molar-refractivity contribution in [1.82, 2.24) is 24.6 Å². The zero-order valence-electron chi connectivity index (χ0n) is 15.0. The van der Waals surface area contributed by atoms with Crippen LogP contribution in [0, 0.1) is 0 Å². The standard InChI is InChI=1S/C20H21N5O/c1-3-24(4-2)9-10-25-15-11-14-19(22-12-21-14)20-17(15)18(23-25)13-7-5-6-8-16(13)26-20/h5-8,11-12,23H,3-4,9-10H2,1-2H3. The normalized spacial score (nSPS) is 12.4. The quantitative estimate of drug-likeness (QED) is 0.485. The lowest BCUT2D eigenvalue weighted by Gasteiger charge is -2.18. The fourth-order valence-electron chi connectivity index (χ4n) is 3.82. The van der Waals surface area contributed by atoms with Gasteiger partial charge in [-0.3, -0.25) is 9.78 Å². The van der Waals surface area contributed by atoms with Crippen LogP contribution in [0.15, 0.2) is 41.1 Å². The second-order valence-electron chi connectivity index (χ2n) is 6.60. The Morgan fingerprint density at radius 2 is 2.00 bits per heavy atom. The smallest absolute Gasteiger partial charge is 0.166 e. The number of nitrogens with zero attached hydrogens (tertiary/aromatic N) is 4. The van der Waals surface area contributed by atoms with Crippen molar-refractivity contribution in [3.63, 3.8) is 0 Å². The largest absolute Gasteiger partial charge is 0.453 e. The zero-order valence-corrected chi connectivity index (χ0v) is 15.0. The van der Waals surface area contributed by atoms with E-state index in [9.17, 15) is 0 Å². The number of aromatic nitrogens is 4. The van der Waals surface area contributed by atoms with Gasteiger partial charge >= 0.3 is 0 Å². The summed E-state index contributed by atoms with van der Waals surface area (Å²) < 4.78 is 8.47. The number of fused-ring (bicyclic) bond motifs is 4. The van der Waals surface area contributed by atoms with E-state index in [4.69, 9.17) is 4.42 Å². The van der Waals surface area contributed by atoms with E-state index in [2.05, 4.69) is 50.6 Å². The monoisotopic (exact) mass is 347 g/mol. The predicted octanol–water partition coefficient (Wildman–Crippen LogP) is 4.15.